The Morgan fingerprint density at radius 1 is 1.20 bits per heavy atom. The largest absolute Gasteiger partial charge is 0.369 e. The highest BCUT2D eigenvalue weighted by Crippen LogP contribution is 2.13. The summed E-state index contributed by atoms with van der Waals surface area (Å²) in [6.07, 6.45) is 1.02. The molecule has 0 saturated heterocycles. The highest BCUT2D eigenvalue weighted by atomic mass is 79.9. The molecule has 104 valence electrons. The van der Waals surface area contributed by atoms with E-state index < -0.39 is 0 Å². The van der Waals surface area contributed by atoms with Crippen LogP contribution in [-0.2, 0) is 0 Å². The van der Waals surface area contributed by atoms with Gasteiger partial charge in [0.25, 0.3) is 5.91 Å². The molecular formula is C14H15BrN4O. The highest BCUT2D eigenvalue weighted by Gasteiger charge is 2.07. The van der Waals surface area contributed by atoms with Crippen molar-refractivity contribution in [3.8, 4) is 0 Å². The van der Waals surface area contributed by atoms with E-state index in [1.807, 2.05) is 12.1 Å². The molecule has 0 atom stereocenters. The van der Waals surface area contributed by atoms with Crippen LogP contribution in [0.1, 0.15) is 23.7 Å². The Morgan fingerprint density at radius 3 is 2.60 bits per heavy atom. The summed E-state index contributed by atoms with van der Waals surface area (Å²) >= 11 is 3.33. The summed E-state index contributed by atoms with van der Waals surface area (Å²) in [7, 11) is 0. The third kappa shape index (κ3) is 4.03. The zero-order valence-corrected chi connectivity index (χ0v) is 12.6. The first-order chi connectivity index (χ1) is 9.69. The van der Waals surface area contributed by atoms with Gasteiger partial charge in [0, 0.05) is 16.6 Å². The van der Waals surface area contributed by atoms with E-state index >= 15 is 0 Å². The molecule has 0 unspecified atom stereocenters. The van der Waals surface area contributed by atoms with Crippen molar-refractivity contribution in [1.82, 2.24) is 10.2 Å². The Labute approximate surface area is 125 Å². The number of carbonyl (C=O) groups is 1. The van der Waals surface area contributed by atoms with Crippen LogP contribution < -0.4 is 10.6 Å². The average molecular weight is 335 g/mol. The molecule has 1 amide bonds. The summed E-state index contributed by atoms with van der Waals surface area (Å²) in [4.78, 5) is 12.0. The van der Waals surface area contributed by atoms with E-state index in [1.54, 1.807) is 24.3 Å². The zero-order chi connectivity index (χ0) is 14.4. The first-order valence-corrected chi connectivity index (χ1v) is 7.13. The molecular weight excluding hydrogens is 320 g/mol. The van der Waals surface area contributed by atoms with Crippen LogP contribution in [0.25, 0.3) is 0 Å². The van der Waals surface area contributed by atoms with Gasteiger partial charge >= 0.3 is 0 Å². The summed E-state index contributed by atoms with van der Waals surface area (Å²) in [5.41, 5.74) is 0.564. The van der Waals surface area contributed by atoms with Crippen LogP contribution in [0.4, 0.5) is 11.6 Å². The lowest BCUT2D eigenvalue weighted by atomic mass is 10.2. The Morgan fingerprint density at radius 2 is 1.95 bits per heavy atom. The van der Waals surface area contributed by atoms with Crippen molar-refractivity contribution in [2.24, 2.45) is 0 Å². The summed E-state index contributed by atoms with van der Waals surface area (Å²) in [5, 5.41) is 13.8. The van der Waals surface area contributed by atoms with Crippen LogP contribution in [0.15, 0.2) is 40.9 Å². The first-order valence-electron chi connectivity index (χ1n) is 6.33. The average Bonchev–Trinajstić information content (AvgIpc) is 2.46. The molecule has 5 nitrogen and oxygen atoms in total. The maximum Gasteiger partial charge on any atom is 0.256 e. The molecule has 2 rings (SSSR count). The number of anilines is 2. The van der Waals surface area contributed by atoms with Crippen molar-refractivity contribution < 1.29 is 4.79 Å². The van der Waals surface area contributed by atoms with Gasteiger partial charge in [-0.2, -0.15) is 0 Å². The van der Waals surface area contributed by atoms with Crippen LogP contribution in [0.2, 0.25) is 0 Å². The maximum atomic E-state index is 12.0. The third-order valence-electron chi connectivity index (χ3n) is 2.55. The Balaban J connectivity index is 2.01. The van der Waals surface area contributed by atoms with Gasteiger partial charge in [0.05, 0.1) is 0 Å². The molecule has 2 aromatic rings. The Bertz CT molecular complexity index is 586. The molecule has 0 radical (unpaired) electrons. The van der Waals surface area contributed by atoms with Crippen LogP contribution in [0, 0.1) is 0 Å². The summed E-state index contributed by atoms with van der Waals surface area (Å²) in [5.74, 6) is 0.916. The summed E-state index contributed by atoms with van der Waals surface area (Å²) < 4.78 is 0.857. The van der Waals surface area contributed by atoms with Crippen molar-refractivity contribution in [1.29, 1.82) is 0 Å². The fourth-order valence-electron chi connectivity index (χ4n) is 1.56. The normalized spacial score (nSPS) is 10.1. The van der Waals surface area contributed by atoms with E-state index in [-0.39, 0.29) is 5.91 Å². The maximum absolute atomic E-state index is 12.0. The van der Waals surface area contributed by atoms with Crippen LogP contribution in [0.3, 0.4) is 0 Å². The van der Waals surface area contributed by atoms with Crippen molar-refractivity contribution in [2.45, 2.75) is 13.3 Å². The Kier molecular flexibility index (Phi) is 5.06. The number of hydrogen-bond donors (Lipinski definition) is 2. The number of carbonyl (C=O) groups excluding carboxylic acids is 1. The number of benzene rings is 1. The molecule has 1 aromatic carbocycles. The van der Waals surface area contributed by atoms with E-state index in [9.17, 15) is 4.79 Å². The van der Waals surface area contributed by atoms with Crippen molar-refractivity contribution in [3.05, 3.63) is 46.4 Å². The van der Waals surface area contributed by atoms with Crippen molar-refractivity contribution in [2.75, 3.05) is 17.2 Å². The van der Waals surface area contributed by atoms with E-state index in [1.165, 1.54) is 0 Å². The Hall–Kier alpha value is -1.95. The standard InChI is InChI=1S/C14H15BrN4O/c1-2-8-16-12-6-7-13(19-18-12)17-14(20)10-4-3-5-11(15)9-10/h3-7,9H,2,8H2,1H3,(H,16,18)(H,17,19,20). The van der Waals surface area contributed by atoms with Gasteiger partial charge in [-0.15, -0.1) is 10.2 Å². The minimum Gasteiger partial charge on any atom is -0.369 e. The van der Waals surface area contributed by atoms with Gasteiger partial charge in [0.2, 0.25) is 0 Å². The molecule has 0 aliphatic rings. The van der Waals surface area contributed by atoms with E-state index in [2.05, 4.69) is 43.7 Å². The number of nitrogens with zero attached hydrogens (tertiary/aromatic N) is 2. The van der Waals surface area contributed by atoms with Gasteiger partial charge in [-0.25, -0.2) is 0 Å². The van der Waals surface area contributed by atoms with Gasteiger partial charge in [-0.1, -0.05) is 28.9 Å². The molecule has 1 aromatic heterocycles. The second kappa shape index (κ2) is 7.00. The number of hydrogen-bond acceptors (Lipinski definition) is 4. The predicted octanol–water partition coefficient (Wildman–Crippen LogP) is 3.31. The third-order valence-corrected chi connectivity index (χ3v) is 3.04. The fourth-order valence-corrected chi connectivity index (χ4v) is 1.96. The second-order valence-electron chi connectivity index (χ2n) is 4.20. The molecule has 0 aliphatic carbocycles. The van der Waals surface area contributed by atoms with E-state index in [4.69, 9.17) is 0 Å². The molecule has 0 saturated carbocycles. The van der Waals surface area contributed by atoms with Gasteiger partial charge in [0.1, 0.15) is 5.82 Å². The second-order valence-corrected chi connectivity index (χ2v) is 5.11. The van der Waals surface area contributed by atoms with Crippen LogP contribution >= 0.6 is 15.9 Å². The number of rotatable bonds is 5. The molecule has 6 heteroatoms. The topological polar surface area (TPSA) is 66.9 Å². The molecule has 0 aliphatic heterocycles. The SMILES string of the molecule is CCCNc1ccc(NC(=O)c2cccc(Br)c2)nn1. The first kappa shape index (κ1) is 14.5. The van der Waals surface area contributed by atoms with Crippen molar-refractivity contribution >= 4 is 33.5 Å². The predicted molar refractivity (Wildman–Crippen MR) is 82.9 cm³/mol. The van der Waals surface area contributed by atoms with Gasteiger partial charge in [-0.3, -0.25) is 4.79 Å². The monoisotopic (exact) mass is 334 g/mol. The van der Waals surface area contributed by atoms with Gasteiger partial charge in [-0.05, 0) is 36.8 Å². The molecule has 20 heavy (non-hydrogen) atoms. The number of amides is 1. The molecule has 0 spiro atoms. The molecule has 1 heterocycles. The summed E-state index contributed by atoms with van der Waals surface area (Å²) in [6, 6.07) is 10.7. The minimum atomic E-state index is -0.213. The molecule has 0 bridgehead atoms. The summed E-state index contributed by atoms with van der Waals surface area (Å²) in [6.45, 7) is 2.92. The minimum absolute atomic E-state index is 0.213. The lowest BCUT2D eigenvalue weighted by Crippen LogP contribution is -2.13. The zero-order valence-electron chi connectivity index (χ0n) is 11.1. The van der Waals surface area contributed by atoms with E-state index in [0.29, 0.717) is 17.2 Å². The number of aromatic nitrogens is 2. The van der Waals surface area contributed by atoms with Crippen LogP contribution in [0.5, 0.6) is 0 Å². The highest BCUT2D eigenvalue weighted by molar-refractivity contribution is 9.10. The fraction of sp³-hybridized carbons (Fsp3) is 0.214. The smallest absolute Gasteiger partial charge is 0.256 e. The molecule has 0 fully saturated rings. The van der Waals surface area contributed by atoms with Crippen molar-refractivity contribution in [3.63, 3.8) is 0 Å². The number of halogens is 1. The van der Waals surface area contributed by atoms with Crippen LogP contribution in [-0.4, -0.2) is 22.6 Å². The van der Waals surface area contributed by atoms with Gasteiger partial charge < -0.3 is 10.6 Å². The quantitative estimate of drug-likeness (QED) is 0.880. The lowest BCUT2D eigenvalue weighted by Gasteiger charge is -2.06. The number of nitrogens with one attached hydrogen (secondary N) is 2. The van der Waals surface area contributed by atoms with Gasteiger partial charge in [0.15, 0.2) is 5.82 Å². The van der Waals surface area contributed by atoms with E-state index in [0.717, 1.165) is 17.4 Å². The lowest BCUT2D eigenvalue weighted by molar-refractivity contribution is 0.102. The molecule has 2 N–H and O–H groups in total.